The van der Waals surface area contributed by atoms with Gasteiger partial charge in [-0.05, 0) is 41.8 Å². The third-order valence-electron chi connectivity index (χ3n) is 5.09. The molecule has 6 nitrogen and oxygen atoms in total. The summed E-state index contributed by atoms with van der Waals surface area (Å²) in [6.07, 6.45) is 0.734. The number of nitrogens with one attached hydrogen (secondary N) is 1. The van der Waals surface area contributed by atoms with Crippen LogP contribution in [0.4, 0.5) is 8.78 Å². The fourth-order valence-electron chi connectivity index (χ4n) is 3.51. The van der Waals surface area contributed by atoms with Gasteiger partial charge < -0.3 is 19.7 Å². The van der Waals surface area contributed by atoms with Crippen LogP contribution in [0.15, 0.2) is 36.4 Å². The highest BCUT2D eigenvalue weighted by atomic mass is 19.1. The van der Waals surface area contributed by atoms with Gasteiger partial charge in [-0.2, -0.15) is 0 Å². The summed E-state index contributed by atoms with van der Waals surface area (Å²) in [6.45, 7) is 0.798. The van der Waals surface area contributed by atoms with E-state index in [4.69, 9.17) is 9.47 Å². The lowest BCUT2D eigenvalue weighted by Crippen LogP contribution is -2.33. The van der Waals surface area contributed by atoms with E-state index in [9.17, 15) is 18.4 Å². The molecule has 0 aliphatic carbocycles. The van der Waals surface area contributed by atoms with Gasteiger partial charge in [0.15, 0.2) is 11.5 Å². The summed E-state index contributed by atoms with van der Waals surface area (Å²) in [6, 6.07) is 8.69. The van der Waals surface area contributed by atoms with Gasteiger partial charge in [-0.1, -0.05) is 6.07 Å². The minimum atomic E-state index is -0.698. The number of rotatable bonds is 8. The van der Waals surface area contributed by atoms with E-state index < -0.39 is 17.6 Å². The standard InChI is InChI=1S/C22H24F2N2O4/c1-29-19-4-3-14(9-20(19)30-2)5-6-26-13-16(10-21(26)27)22(28)25-12-15-7-17(23)11-18(24)8-15/h3-4,7-9,11,16H,5-6,10,12-13H2,1-2H3,(H,25,28)/t16-/m0/s1. The number of carbonyl (C=O) groups is 2. The van der Waals surface area contributed by atoms with Crippen LogP contribution in [0, 0.1) is 17.6 Å². The van der Waals surface area contributed by atoms with Crippen LogP contribution in [0.5, 0.6) is 11.5 Å². The Morgan fingerprint density at radius 3 is 2.43 bits per heavy atom. The first kappa shape index (κ1) is 21.5. The quantitative estimate of drug-likeness (QED) is 0.716. The Balaban J connectivity index is 1.52. The Hall–Kier alpha value is -3.16. The Labute approximate surface area is 173 Å². The summed E-state index contributed by atoms with van der Waals surface area (Å²) >= 11 is 0. The van der Waals surface area contributed by atoms with Gasteiger partial charge in [-0.25, -0.2) is 8.78 Å². The van der Waals surface area contributed by atoms with Gasteiger partial charge in [-0.15, -0.1) is 0 Å². The average Bonchev–Trinajstić information content (AvgIpc) is 3.10. The number of amides is 2. The average molecular weight is 418 g/mol. The number of carbonyl (C=O) groups excluding carboxylic acids is 2. The highest BCUT2D eigenvalue weighted by Gasteiger charge is 2.33. The van der Waals surface area contributed by atoms with E-state index >= 15 is 0 Å². The molecule has 1 aliphatic rings. The third kappa shape index (κ3) is 5.25. The number of likely N-dealkylation sites (tertiary alicyclic amines) is 1. The van der Waals surface area contributed by atoms with E-state index in [1.54, 1.807) is 19.1 Å². The lowest BCUT2D eigenvalue weighted by Gasteiger charge is -2.17. The van der Waals surface area contributed by atoms with Crippen molar-refractivity contribution < 1.29 is 27.8 Å². The van der Waals surface area contributed by atoms with Crippen molar-refractivity contribution >= 4 is 11.8 Å². The fourth-order valence-corrected chi connectivity index (χ4v) is 3.51. The van der Waals surface area contributed by atoms with Crippen molar-refractivity contribution in [3.63, 3.8) is 0 Å². The van der Waals surface area contributed by atoms with Crippen molar-refractivity contribution in [2.45, 2.75) is 19.4 Å². The normalized spacial score (nSPS) is 15.9. The molecule has 1 saturated heterocycles. The van der Waals surface area contributed by atoms with Crippen molar-refractivity contribution in [1.82, 2.24) is 10.2 Å². The van der Waals surface area contributed by atoms with Crippen molar-refractivity contribution in [1.29, 1.82) is 0 Å². The molecule has 0 bridgehead atoms. The number of ether oxygens (including phenoxy) is 2. The molecule has 3 rings (SSSR count). The summed E-state index contributed by atoms with van der Waals surface area (Å²) < 4.78 is 37.0. The zero-order valence-corrected chi connectivity index (χ0v) is 16.9. The molecule has 8 heteroatoms. The summed E-state index contributed by atoms with van der Waals surface area (Å²) in [7, 11) is 3.13. The predicted molar refractivity (Wildman–Crippen MR) is 106 cm³/mol. The Kier molecular flexibility index (Phi) is 6.87. The minimum Gasteiger partial charge on any atom is -0.493 e. The number of nitrogens with zero attached hydrogens (tertiary/aromatic N) is 1. The highest BCUT2D eigenvalue weighted by Crippen LogP contribution is 2.28. The lowest BCUT2D eigenvalue weighted by atomic mass is 10.1. The van der Waals surface area contributed by atoms with Crippen molar-refractivity contribution in [2.75, 3.05) is 27.3 Å². The monoisotopic (exact) mass is 418 g/mol. The maximum Gasteiger partial charge on any atom is 0.225 e. The van der Waals surface area contributed by atoms with E-state index in [1.807, 2.05) is 18.2 Å². The van der Waals surface area contributed by atoms with E-state index in [1.165, 1.54) is 12.1 Å². The van der Waals surface area contributed by atoms with Crippen molar-refractivity contribution in [3.05, 3.63) is 59.2 Å². The molecule has 1 N–H and O–H groups in total. The zero-order valence-electron chi connectivity index (χ0n) is 16.9. The van der Waals surface area contributed by atoms with E-state index in [0.29, 0.717) is 36.6 Å². The number of hydrogen-bond donors (Lipinski definition) is 1. The van der Waals surface area contributed by atoms with Gasteiger partial charge in [0.1, 0.15) is 11.6 Å². The summed E-state index contributed by atoms with van der Waals surface area (Å²) in [5, 5.41) is 2.66. The number of methoxy groups -OCH3 is 2. The van der Waals surface area contributed by atoms with Crippen LogP contribution in [-0.4, -0.2) is 44.0 Å². The Morgan fingerprint density at radius 1 is 1.07 bits per heavy atom. The Morgan fingerprint density at radius 2 is 1.77 bits per heavy atom. The van der Waals surface area contributed by atoms with Crippen LogP contribution < -0.4 is 14.8 Å². The molecule has 1 aliphatic heterocycles. The summed E-state index contributed by atoms with van der Waals surface area (Å²) in [5.74, 6) is -1.02. The van der Waals surface area contributed by atoms with Crippen LogP contribution >= 0.6 is 0 Å². The second kappa shape index (κ2) is 9.56. The fraction of sp³-hybridized carbons (Fsp3) is 0.364. The van der Waals surface area contributed by atoms with Gasteiger partial charge in [-0.3, -0.25) is 9.59 Å². The van der Waals surface area contributed by atoms with E-state index in [2.05, 4.69) is 5.32 Å². The first-order chi connectivity index (χ1) is 14.4. The van der Waals surface area contributed by atoms with Gasteiger partial charge >= 0.3 is 0 Å². The molecule has 2 aromatic carbocycles. The molecule has 1 atom stereocenters. The van der Waals surface area contributed by atoms with E-state index in [-0.39, 0.29) is 24.8 Å². The minimum absolute atomic E-state index is 0.00382. The SMILES string of the molecule is COc1ccc(CCN2C[C@@H](C(=O)NCc3cc(F)cc(F)c3)CC2=O)cc1OC. The smallest absolute Gasteiger partial charge is 0.225 e. The number of benzene rings is 2. The zero-order chi connectivity index (χ0) is 21.7. The van der Waals surface area contributed by atoms with Crippen molar-refractivity contribution in [2.24, 2.45) is 5.92 Å². The number of hydrogen-bond acceptors (Lipinski definition) is 4. The van der Waals surface area contributed by atoms with E-state index in [0.717, 1.165) is 11.6 Å². The molecule has 2 amide bonds. The van der Waals surface area contributed by atoms with Gasteiger partial charge in [0.2, 0.25) is 11.8 Å². The molecule has 1 heterocycles. The largest absolute Gasteiger partial charge is 0.493 e. The van der Waals surface area contributed by atoms with Crippen LogP contribution in [0.3, 0.4) is 0 Å². The molecule has 0 saturated carbocycles. The maximum atomic E-state index is 13.3. The predicted octanol–water partition coefficient (Wildman–Crippen LogP) is 2.69. The second-order valence-electron chi connectivity index (χ2n) is 7.18. The second-order valence-corrected chi connectivity index (χ2v) is 7.18. The lowest BCUT2D eigenvalue weighted by molar-refractivity contribution is -0.129. The molecular formula is C22H24F2N2O4. The molecule has 2 aromatic rings. The first-order valence-corrected chi connectivity index (χ1v) is 9.61. The van der Waals surface area contributed by atoms with Crippen LogP contribution in [0.1, 0.15) is 17.5 Å². The maximum absolute atomic E-state index is 13.3. The topological polar surface area (TPSA) is 67.9 Å². The molecule has 0 radical (unpaired) electrons. The van der Waals surface area contributed by atoms with Gasteiger partial charge in [0.25, 0.3) is 0 Å². The van der Waals surface area contributed by atoms with Gasteiger partial charge in [0.05, 0.1) is 20.1 Å². The first-order valence-electron chi connectivity index (χ1n) is 9.61. The third-order valence-corrected chi connectivity index (χ3v) is 5.09. The molecule has 0 aromatic heterocycles. The highest BCUT2D eigenvalue weighted by molar-refractivity contribution is 5.89. The molecule has 0 spiro atoms. The van der Waals surface area contributed by atoms with Crippen molar-refractivity contribution in [3.8, 4) is 11.5 Å². The molecule has 30 heavy (non-hydrogen) atoms. The summed E-state index contributed by atoms with van der Waals surface area (Å²) in [5.41, 5.74) is 1.32. The van der Waals surface area contributed by atoms with Crippen LogP contribution in [0.2, 0.25) is 0 Å². The molecule has 160 valence electrons. The van der Waals surface area contributed by atoms with Crippen LogP contribution in [-0.2, 0) is 22.6 Å². The summed E-state index contributed by atoms with van der Waals surface area (Å²) in [4.78, 5) is 26.4. The number of halogens is 2. The van der Waals surface area contributed by atoms with Crippen LogP contribution in [0.25, 0.3) is 0 Å². The molecule has 1 fully saturated rings. The van der Waals surface area contributed by atoms with Gasteiger partial charge in [0, 0.05) is 32.1 Å². The Bertz CT molecular complexity index is 915. The molecule has 0 unspecified atom stereocenters. The molecular weight excluding hydrogens is 394 g/mol.